The van der Waals surface area contributed by atoms with Gasteiger partial charge in [-0.3, -0.25) is 0 Å². The first-order chi connectivity index (χ1) is 7.57. The van der Waals surface area contributed by atoms with Gasteiger partial charge in [0, 0.05) is 3.58 Å². The summed E-state index contributed by atoms with van der Waals surface area (Å²) in [5.74, 6) is 0. The van der Waals surface area contributed by atoms with Crippen molar-refractivity contribution in [2.45, 2.75) is 32.6 Å². The first-order valence-corrected chi connectivity index (χ1v) is 8.02. The fraction of sp³-hybridized carbons (Fsp3) is 0.700. The van der Waals surface area contributed by atoms with Crippen LogP contribution in [0.1, 0.15) is 32.6 Å². The molecule has 0 rings (SSSR count). The lowest BCUT2D eigenvalue weighted by Gasteiger charge is -2.05. The van der Waals surface area contributed by atoms with Gasteiger partial charge in [-0.1, -0.05) is 26.2 Å². The molecule has 0 N–H and O–H groups in total. The number of rotatable bonds is 7. The summed E-state index contributed by atoms with van der Waals surface area (Å²) in [6.45, 7) is 2.85. The number of hydrogen-bond acceptors (Lipinski definition) is 3. The molecular weight excluding hydrogens is 502 g/mol. The first-order valence-electron chi connectivity index (χ1n) is 5.07. The predicted molar refractivity (Wildman–Crippen MR) is 85.4 cm³/mol. The number of carbonyl (C=O) groups is 1. The molecule has 0 spiro atoms. The van der Waals surface area contributed by atoms with Gasteiger partial charge in [0.2, 0.25) is 0 Å². The second-order valence-corrected chi connectivity index (χ2v) is 7.77. The summed E-state index contributed by atoms with van der Waals surface area (Å²) in [6, 6.07) is 0. The minimum absolute atomic E-state index is 0.262. The molecule has 0 heterocycles. The molecule has 3 nitrogen and oxygen atoms in total. The maximum atomic E-state index is 11.1. The summed E-state index contributed by atoms with van der Waals surface area (Å²) < 4.78 is 11.7. The Morgan fingerprint density at radius 2 is 1.88 bits per heavy atom. The van der Waals surface area contributed by atoms with Crippen LogP contribution in [0.3, 0.4) is 0 Å². The first kappa shape index (κ1) is 16.9. The van der Waals surface area contributed by atoms with Crippen LogP contribution in [0.2, 0.25) is 0 Å². The van der Waals surface area contributed by atoms with E-state index in [9.17, 15) is 4.79 Å². The SMILES string of the molecule is CCCCCCOC(=O)OCC(I)=C(Br)I. The van der Waals surface area contributed by atoms with Gasteiger partial charge in [0.25, 0.3) is 0 Å². The van der Waals surface area contributed by atoms with Gasteiger partial charge in [-0.05, 0) is 67.5 Å². The van der Waals surface area contributed by atoms with Gasteiger partial charge in [-0.15, -0.1) is 0 Å². The van der Waals surface area contributed by atoms with Crippen LogP contribution in [0.25, 0.3) is 0 Å². The lowest BCUT2D eigenvalue weighted by molar-refractivity contribution is 0.0617. The monoisotopic (exact) mass is 516 g/mol. The van der Waals surface area contributed by atoms with Crippen LogP contribution >= 0.6 is 61.1 Å². The molecule has 0 bridgehead atoms. The van der Waals surface area contributed by atoms with E-state index in [4.69, 9.17) is 9.47 Å². The normalized spacial score (nSPS) is 12.0. The lowest BCUT2D eigenvalue weighted by atomic mass is 10.2. The zero-order valence-corrected chi connectivity index (χ0v) is 15.0. The Kier molecular flexibility index (Phi) is 11.7. The highest BCUT2D eigenvalue weighted by molar-refractivity contribution is 14.1. The summed E-state index contributed by atoms with van der Waals surface area (Å²) in [4.78, 5) is 11.1. The molecule has 0 amide bonds. The van der Waals surface area contributed by atoms with Crippen molar-refractivity contribution in [2.24, 2.45) is 0 Å². The second kappa shape index (κ2) is 11.1. The Balaban J connectivity index is 3.49. The number of halogens is 3. The van der Waals surface area contributed by atoms with Crippen LogP contribution in [-0.2, 0) is 9.47 Å². The maximum Gasteiger partial charge on any atom is 0.508 e. The minimum atomic E-state index is -0.587. The molecule has 0 saturated heterocycles. The van der Waals surface area contributed by atoms with Crippen molar-refractivity contribution in [1.29, 1.82) is 0 Å². The topological polar surface area (TPSA) is 35.5 Å². The Morgan fingerprint density at radius 1 is 1.19 bits per heavy atom. The zero-order chi connectivity index (χ0) is 12.4. The molecule has 16 heavy (non-hydrogen) atoms. The molecule has 0 aliphatic carbocycles. The van der Waals surface area contributed by atoms with E-state index < -0.39 is 6.16 Å². The Hall–Kier alpha value is 0.950. The quantitative estimate of drug-likeness (QED) is 0.267. The van der Waals surface area contributed by atoms with Crippen LogP contribution in [0, 0.1) is 0 Å². The maximum absolute atomic E-state index is 11.1. The Morgan fingerprint density at radius 3 is 2.44 bits per heavy atom. The van der Waals surface area contributed by atoms with E-state index >= 15 is 0 Å². The molecule has 0 saturated carbocycles. The van der Waals surface area contributed by atoms with Gasteiger partial charge in [0.05, 0.1) is 9.10 Å². The van der Waals surface area contributed by atoms with E-state index in [0.29, 0.717) is 6.61 Å². The molecule has 6 heteroatoms. The van der Waals surface area contributed by atoms with Crippen LogP contribution in [-0.4, -0.2) is 19.4 Å². The van der Waals surface area contributed by atoms with Gasteiger partial charge in [-0.25, -0.2) is 4.79 Å². The fourth-order valence-electron chi connectivity index (χ4n) is 0.903. The van der Waals surface area contributed by atoms with Crippen LogP contribution in [0.5, 0.6) is 0 Å². The van der Waals surface area contributed by atoms with Crippen LogP contribution < -0.4 is 0 Å². The molecular formula is C10H15BrI2O3. The van der Waals surface area contributed by atoms with E-state index in [-0.39, 0.29) is 6.61 Å². The number of ether oxygens (including phenoxy) is 2. The molecule has 0 radical (unpaired) electrons. The van der Waals surface area contributed by atoms with Crippen molar-refractivity contribution >= 4 is 67.3 Å². The van der Waals surface area contributed by atoms with E-state index in [2.05, 4.69) is 68.0 Å². The van der Waals surface area contributed by atoms with E-state index in [1.54, 1.807) is 0 Å². The number of carbonyl (C=O) groups excluding carboxylic acids is 1. The molecule has 0 aliphatic rings. The summed E-state index contributed by atoms with van der Waals surface area (Å²) in [7, 11) is 0. The third-order valence-corrected chi connectivity index (χ3v) is 5.49. The molecule has 94 valence electrons. The largest absolute Gasteiger partial charge is 0.508 e. The molecule has 0 aromatic carbocycles. The molecule has 0 aliphatic heterocycles. The second-order valence-electron chi connectivity index (χ2n) is 3.11. The average molecular weight is 517 g/mol. The number of hydrogen-bond donors (Lipinski definition) is 0. The van der Waals surface area contributed by atoms with Crippen molar-refractivity contribution in [1.82, 2.24) is 0 Å². The summed E-state index contributed by atoms with van der Waals surface area (Å²) in [5, 5.41) is 0. The van der Waals surface area contributed by atoms with Crippen LogP contribution in [0.4, 0.5) is 4.79 Å². The number of unbranched alkanes of at least 4 members (excludes halogenated alkanes) is 3. The summed E-state index contributed by atoms with van der Waals surface area (Å²) in [5.41, 5.74) is 0. The van der Waals surface area contributed by atoms with Crippen LogP contribution in [0.15, 0.2) is 6.07 Å². The minimum Gasteiger partial charge on any atom is -0.434 e. The predicted octanol–water partition coefficient (Wildman–Crippen LogP) is 5.15. The Bertz CT molecular complexity index is 240. The highest BCUT2D eigenvalue weighted by Gasteiger charge is 2.05. The van der Waals surface area contributed by atoms with Crippen molar-refractivity contribution < 1.29 is 14.3 Å². The van der Waals surface area contributed by atoms with Gasteiger partial charge < -0.3 is 9.47 Å². The lowest BCUT2D eigenvalue weighted by Crippen LogP contribution is -2.09. The molecule has 0 aromatic heterocycles. The van der Waals surface area contributed by atoms with E-state index in [0.717, 1.165) is 18.9 Å². The van der Waals surface area contributed by atoms with Crippen molar-refractivity contribution in [3.63, 3.8) is 0 Å². The van der Waals surface area contributed by atoms with Gasteiger partial charge >= 0.3 is 6.16 Å². The van der Waals surface area contributed by atoms with Gasteiger partial charge in [0.15, 0.2) is 0 Å². The third-order valence-electron chi connectivity index (χ3n) is 1.74. The fourth-order valence-corrected chi connectivity index (χ4v) is 1.33. The average Bonchev–Trinajstić information content (AvgIpc) is 2.25. The standard InChI is InChI=1S/C10H15BrI2O3/c1-2-3-4-5-6-15-10(14)16-7-8(12)9(11)13/h2-7H2,1H3. The van der Waals surface area contributed by atoms with E-state index in [1.165, 1.54) is 12.8 Å². The summed E-state index contributed by atoms with van der Waals surface area (Å²) in [6.07, 6.45) is 3.78. The van der Waals surface area contributed by atoms with Crippen molar-refractivity contribution in [3.8, 4) is 0 Å². The van der Waals surface area contributed by atoms with Crippen molar-refractivity contribution in [3.05, 3.63) is 6.07 Å². The Labute approximate surface area is 132 Å². The van der Waals surface area contributed by atoms with Gasteiger partial charge in [-0.2, -0.15) is 0 Å². The highest BCUT2D eigenvalue weighted by Crippen LogP contribution is 2.24. The molecule has 0 aromatic rings. The van der Waals surface area contributed by atoms with Crippen molar-refractivity contribution in [2.75, 3.05) is 13.2 Å². The summed E-state index contributed by atoms with van der Waals surface area (Å²) >= 11 is 7.53. The molecule has 0 atom stereocenters. The smallest absolute Gasteiger partial charge is 0.434 e. The van der Waals surface area contributed by atoms with E-state index in [1.807, 2.05) is 0 Å². The zero-order valence-electron chi connectivity index (χ0n) is 9.10. The highest BCUT2D eigenvalue weighted by atomic mass is 127. The molecule has 0 fully saturated rings. The van der Waals surface area contributed by atoms with Gasteiger partial charge in [0.1, 0.15) is 6.61 Å². The third kappa shape index (κ3) is 10.1. The molecule has 0 unspecified atom stereocenters.